The van der Waals surface area contributed by atoms with Gasteiger partial charge in [0, 0.05) is 10.9 Å². The Hall–Kier alpha value is -2.34. The van der Waals surface area contributed by atoms with Gasteiger partial charge in [0.1, 0.15) is 0 Å². The number of thiazole rings is 1. The fourth-order valence-electron chi connectivity index (χ4n) is 2.20. The van der Waals surface area contributed by atoms with Crippen LogP contribution in [0.3, 0.4) is 0 Å². The van der Waals surface area contributed by atoms with Gasteiger partial charge in [-0.25, -0.2) is 4.98 Å². The fraction of sp³-hybridized carbons (Fsp3) is 0.333. The number of anilines is 1. The summed E-state index contributed by atoms with van der Waals surface area (Å²) in [6, 6.07) is 3.97. The first-order valence-corrected chi connectivity index (χ1v) is 8.80. The molecule has 0 atom stereocenters. The van der Waals surface area contributed by atoms with E-state index in [4.69, 9.17) is 9.47 Å². The largest absolute Gasteiger partial charge is 0.490 e. The van der Waals surface area contributed by atoms with E-state index in [1.165, 1.54) is 11.3 Å². The number of aryl methyl sites for hydroxylation is 1. The molecule has 0 saturated heterocycles. The van der Waals surface area contributed by atoms with Gasteiger partial charge in [0.2, 0.25) is 5.13 Å². The van der Waals surface area contributed by atoms with E-state index in [0.717, 1.165) is 33.5 Å². The zero-order chi connectivity index (χ0) is 17.4. The molecular weight excluding hydrogens is 322 g/mol. The molecule has 0 fully saturated rings. The van der Waals surface area contributed by atoms with Gasteiger partial charge in [-0.1, -0.05) is 6.08 Å². The number of allylic oxidation sites excluding steroid dienone is 1. The summed E-state index contributed by atoms with van der Waals surface area (Å²) in [7, 11) is 0. The summed E-state index contributed by atoms with van der Waals surface area (Å²) in [6.45, 7) is 10.8. The highest BCUT2D eigenvalue weighted by atomic mass is 32.1. The molecule has 1 aromatic heterocycles. The van der Waals surface area contributed by atoms with Crippen molar-refractivity contribution in [2.45, 2.75) is 27.2 Å². The molecule has 128 valence electrons. The van der Waals surface area contributed by atoms with E-state index in [9.17, 15) is 0 Å². The van der Waals surface area contributed by atoms with Crippen LogP contribution in [-0.2, 0) is 6.42 Å². The van der Waals surface area contributed by atoms with Gasteiger partial charge in [0.25, 0.3) is 0 Å². The number of nitrogens with one attached hydrogen (secondary N) is 1. The smallest absolute Gasteiger partial charge is 0.203 e. The molecular formula is C18H23N3O2S. The third-order valence-electron chi connectivity index (χ3n) is 3.10. The Kier molecular flexibility index (Phi) is 6.81. The van der Waals surface area contributed by atoms with Crippen molar-refractivity contribution in [3.05, 3.63) is 47.0 Å². The first-order valence-electron chi connectivity index (χ1n) is 7.92. The van der Waals surface area contributed by atoms with E-state index in [0.29, 0.717) is 19.6 Å². The van der Waals surface area contributed by atoms with E-state index in [1.807, 2.05) is 44.4 Å². The number of aromatic nitrogens is 1. The zero-order valence-electron chi connectivity index (χ0n) is 14.3. The maximum Gasteiger partial charge on any atom is 0.203 e. The molecule has 2 aromatic rings. The Labute approximate surface area is 147 Å². The highest BCUT2D eigenvalue weighted by molar-refractivity contribution is 7.13. The number of nitrogens with zero attached hydrogens (tertiary/aromatic N) is 2. The summed E-state index contributed by atoms with van der Waals surface area (Å²) in [5, 5.41) is 7.00. The molecule has 1 N–H and O–H groups in total. The molecule has 0 bridgehead atoms. The summed E-state index contributed by atoms with van der Waals surface area (Å²) in [5.41, 5.74) is 5.88. The number of ether oxygens (including phenoxy) is 2. The molecule has 5 nitrogen and oxygen atoms in total. The molecule has 24 heavy (non-hydrogen) atoms. The van der Waals surface area contributed by atoms with Crippen LogP contribution in [0.5, 0.6) is 11.5 Å². The van der Waals surface area contributed by atoms with Crippen molar-refractivity contribution in [2.24, 2.45) is 5.10 Å². The molecule has 0 aliphatic rings. The van der Waals surface area contributed by atoms with Crippen LogP contribution in [0.15, 0.2) is 35.3 Å². The minimum atomic E-state index is 0.574. The summed E-state index contributed by atoms with van der Waals surface area (Å²) < 4.78 is 11.5. The maximum absolute atomic E-state index is 5.76. The van der Waals surface area contributed by atoms with Gasteiger partial charge in [-0.3, -0.25) is 5.43 Å². The second-order valence-electron chi connectivity index (χ2n) is 5.03. The molecule has 1 aromatic carbocycles. The Bertz CT molecular complexity index is 710. The lowest BCUT2D eigenvalue weighted by Gasteiger charge is -2.15. The van der Waals surface area contributed by atoms with Crippen LogP contribution in [-0.4, -0.2) is 24.4 Å². The second kappa shape index (κ2) is 9.08. The van der Waals surface area contributed by atoms with Crippen molar-refractivity contribution < 1.29 is 9.47 Å². The number of hydrazone groups is 1. The lowest BCUT2D eigenvalue weighted by Crippen LogP contribution is -2.03. The van der Waals surface area contributed by atoms with Crippen LogP contribution in [0.25, 0.3) is 0 Å². The average molecular weight is 345 g/mol. The van der Waals surface area contributed by atoms with Crippen molar-refractivity contribution in [3.8, 4) is 11.5 Å². The van der Waals surface area contributed by atoms with E-state index in [-0.39, 0.29) is 0 Å². The van der Waals surface area contributed by atoms with E-state index in [2.05, 4.69) is 22.1 Å². The molecule has 0 aliphatic carbocycles. The molecule has 0 saturated carbocycles. The summed E-state index contributed by atoms with van der Waals surface area (Å²) in [6.07, 6.45) is 4.31. The van der Waals surface area contributed by atoms with Gasteiger partial charge in [0.15, 0.2) is 11.5 Å². The molecule has 0 unspecified atom stereocenters. The van der Waals surface area contributed by atoms with Crippen LogP contribution >= 0.6 is 11.3 Å². The second-order valence-corrected chi connectivity index (χ2v) is 5.89. The van der Waals surface area contributed by atoms with Crippen LogP contribution in [0, 0.1) is 6.92 Å². The Morgan fingerprint density at radius 1 is 1.29 bits per heavy atom. The molecule has 1 heterocycles. The molecule has 0 amide bonds. The van der Waals surface area contributed by atoms with Gasteiger partial charge in [-0.2, -0.15) is 5.10 Å². The van der Waals surface area contributed by atoms with Crippen molar-refractivity contribution in [2.75, 3.05) is 18.6 Å². The normalized spacial score (nSPS) is 10.8. The highest BCUT2D eigenvalue weighted by Gasteiger charge is 2.12. The van der Waals surface area contributed by atoms with Gasteiger partial charge >= 0.3 is 0 Å². The van der Waals surface area contributed by atoms with Gasteiger partial charge in [-0.15, -0.1) is 17.9 Å². The first kappa shape index (κ1) is 18.0. The zero-order valence-corrected chi connectivity index (χ0v) is 15.2. The van der Waals surface area contributed by atoms with Crippen LogP contribution in [0.4, 0.5) is 5.13 Å². The predicted molar refractivity (Wildman–Crippen MR) is 101 cm³/mol. The van der Waals surface area contributed by atoms with E-state index < -0.39 is 0 Å². The molecule has 2 rings (SSSR count). The number of hydrogen-bond acceptors (Lipinski definition) is 6. The number of hydrogen-bond donors (Lipinski definition) is 1. The van der Waals surface area contributed by atoms with Gasteiger partial charge in [0.05, 0.1) is 25.1 Å². The molecule has 0 spiro atoms. The highest BCUT2D eigenvalue weighted by Crippen LogP contribution is 2.33. The third-order valence-corrected chi connectivity index (χ3v) is 3.96. The molecule has 0 radical (unpaired) electrons. The standard InChI is InChI=1S/C18H23N3O2S/c1-5-8-15-9-14(10-16(22-6-2)17(15)23-7-3)11-19-21-18-20-13(4)12-24-18/h5,9-12H,1,6-8H2,2-4H3,(H,20,21). The maximum atomic E-state index is 5.76. The van der Waals surface area contributed by atoms with Crippen molar-refractivity contribution in [1.29, 1.82) is 0 Å². The number of rotatable bonds is 9. The Morgan fingerprint density at radius 3 is 2.71 bits per heavy atom. The minimum Gasteiger partial charge on any atom is -0.490 e. The van der Waals surface area contributed by atoms with Crippen molar-refractivity contribution in [3.63, 3.8) is 0 Å². The van der Waals surface area contributed by atoms with Crippen LogP contribution in [0.1, 0.15) is 30.7 Å². The summed E-state index contributed by atoms with van der Waals surface area (Å²) in [5.74, 6) is 1.50. The third kappa shape index (κ3) is 4.83. The van der Waals surface area contributed by atoms with E-state index >= 15 is 0 Å². The summed E-state index contributed by atoms with van der Waals surface area (Å²) >= 11 is 1.52. The summed E-state index contributed by atoms with van der Waals surface area (Å²) in [4.78, 5) is 4.31. The Balaban J connectivity index is 2.26. The van der Waals surface area contributed by atoms with Crippen LogP contribution < -0.4 is 14.9 Å². The molecule has 6 heteroatoms. The quantitative estimate of drug-likeness (QED) is 0.415. The Morgan fingerprint density at radius 2 is 2.08 bits per heavy atom. The molecule has 0 aliphatic heterocycles. The van der Waals surface area contributed by atoms with E-state index in [1.54, 1.807) is 6.21 Å². The first-order chi connectivity index (χ1) is 11.7. The minimum absolute atomic E-state index is 0.574. The fourth-order valence-corrected chi connectivity index (χ4v) is 2.84. The van der Waals surface area contributed by atoms with Crippen molar-refractivity contribution >= 4 is 22.7 Å². The lowest BCUT2D eigenvalue weighted by atomic mass is 10.1. The lowest BCUT2D eigenvalue weighted by molar-refractivity contribution is 0.285. The number of benzene rings is 1. The topological polar surface area (TPSA) is 55.7 Å². The average Bonchev–Trinajstić information content (AvgIpc) is 2.96. The SMILES string of the molecule is C=CCc1cc(C=NNc2nc(C)cs2)cc(OCC)c1OCC. The van der Waals surface area contributed by atoms with Crippen LogP contribution in [0.2, 0.25) is 0 Å². The van der Waals surface area contributed by atoms with Gasteiger partial charge < -0.3 is 9.47 Å². The van der Waals surface area contributed by atoms with Gasteiger partial charge in [-0.05, 0) is 44.9 Å². The van der Waals surface area contributed by atoms with Crippen molar-refractivity contribution in [1.82, 2.24) is 4.98 Å². The monoisotopic (exact) mass is 345 g/mol. The predicted octanol–water partition coefficient (Wildman–Crippen LogP) is 4.42.